The predicted molar refractivity (Wildman–Crippen MR) is 259 cm³/mol. The average Bonchev–Trinajstić information content (AvgIpc) is 3.88. The fourth-order valence-electron chi connectivity index (χ4n) is 8.34. The maximum absolute atomic E-state index is 6.75. The van der Waals surface area contributed by atoms with Gasteiger partial charge in [0.05, 0.1) is 22.4 Å². The van der Waals surface area contributed by atoms with Crippen LogP contribution >= 0.6 is 0 Å². The van der Waals surface area contributed by atoms with Crippen LogP contribution in [0.4, 0.5) is 0 Å². The first kappa shape index (κ1) is 43.3. The number of pyridine rings is 1. The summed E-state index contributed by atoms with van der Waals surface area (Å²) in [5.41, 5.74) is 16.5. The Balaban J connectivity index is 0.000000361. The summed E-state index contributed by atoms with van der Waals surface area (Å²) in [5, 5.41) is 2.19. The molecule has 0 bridgehead atoms. The summed E-state index contributed by atoms with van der Waals surface area (Å²) in [6.07, 6.45) is 1.79. The van der Waals surface area contributed by atoms with Crippen LogP contribution in [0.1, 0.15) is 77.0 Å². The Morgan fingerprint density at radius 2 is 1.24 bits per heavy atom. The first-order chi connectivity index (χ1) is 30.0. The third-order valence-electron chi connectivity index (χ3n) is 11.7. The molecule has 10 aromatic rings. The van der Waals surface area contributed by atoms with Gasteiger partial charge in [-0.2, -0.15) is 0 Å². The topological polar surface area (TPSA) is 43.9 Å². The molecule has 3 aromatic heterocycles. The number of aromatic nitrogens is 3. The number of hydrogen-bond acceptors (Lipinski definition) is 3. The molecule has 4 nitrogen and oxygen atoms in total. The Bertz CT molecular complexity index is 3070. The van der Waals surface area contributed by atoms with E-state index in [0.29, 0.717) is 0 Å². The average molecular weight is 998 g/mol. The minimum absolute atomic E-state index is 0. The third-order valence-corrected chi connectivity index (χ3v) is 11.7. The quantitative estimate of drug-likeness (QED) is 0.149. The molecule has 5 heteroatoms. The molecule has 0 spiro atoms. The molecule has 0 atom stereocenters. The van der Waals surface area contributed by atoms with Crippen molar-refractivity contribution in [3.05, 3.63) is 199 Å². The maximum Gasteiger partial charge on any atom is 0.121 e. The number of benzene rings is 7. The van der Waals surface area contributed by atoms with E-state index in [1.807, 2.05) is 48.5 Å². The molecule has 0 fully saturated rings. The second kappa shape index (κ2) is 18.1. The van der Waals surface area contributed by atoms with Crippen molar-refractivity contribution in [2.24, 2.45) is 0 Å². The zero-order valence-electron chi connectivity index (χ0n) is 36.9. The van der Waals surface area contributed by atoms with Crippen LogP contribution in [0.25, 0.3) is 83.6 Å². The van der Waals surface area contributed by atoms with Gasteiger partial charge in [-0.1, -0.05) is 150 Å². The van der Waals surface area contributed by atoms with Crippen LogP contribution < -0.4 is 0 Å². The first-order valence-corrected chi connectivity index (χ1v) is 21.6. The van der Waals surface area contributed by atoms with Gasteiger partial charge in [0, 0.05) is 37.4 Å². The molecule has 0 aliphatic rings. The number of nitrogens with zero attached hydrogens (tertiary/aromatic N) is 3. The largest absolute Gasteiger partial charge is 0.501 e. The van der Waals surface area contributed by atoms with Crippen molar-refractivity contribution in [3.63, 3.8) is 0 Å². The summed E-state index contributed by atoms with van der Waals surface area (Å²) in [7, 11) is 0. The zero-order valence-corrected chi connectivity index (χ0v) is 39.3. The minimum atomic E-state index is 0. The third kappa shape index (κ3) is 8.69. The molecular weight excluding hydrogens is 947 g/mol. The van der Waals surface area contributed by atoms with Gasteiger partial charge in [-0.3, -0.25) is 4.98 Å². The number of imidazole rings is 1. The van der Waals surface area contributed by atoms with E-state index < -0.39 is 0 Å². The van der Waals surface area contributed by atoms with Gasteiger partial charge in [0.1, 0.15) is 5.58 Å². The second-order valence-electron chi connectivity index (χ2n) is 17.7. The summed E-state index contributed by atoms with van der Waals surface area (Å²) < 4.78 is 9.13. The van der Waals surface area contributed by atoms with E-state index in [1.54, 1.807) is 6.20 Å². The summed E-state index contributed by atoms with van der Waals surface area (Å²) in [6.45, 7) is 15.9. The van der Waals surface area contributed by atoms with Gasteiger partial charge in [-0.25, -0.2) is 0 Å². The molecular formula is C58H51IrN3O-2. The molecule has 0 amide bonds. The standard InChI is InChI=1S/C47H43N2O.C11H8N.Ir/c1-29(2)39-26-34(33-22-20-32(21-23-33)31-14-9-8-10-15-31)27-40(30(3)4)44(39)49-42-19-12-11-18-41(42)48-46(49)38-17-13-16-37-36-25-24-35(47(5,6)7)28-43(36)50-45(37)38;1-2-6-10(7-3-1)11-8-4-5-9-12-11;/h8-16,18-30H,1-7H3;1-6,8-9H;/q2*-1;. The SMILES string of the molecule is CC(C)c1cc(-c2ccc(-c3ccccc3)cc2)cc(C(C)C)c1-n1c(-c2[c-]ccc3c2oc2cc(C(C)(C)C)ccc23)nc2ccccc21.[Ir].[c-]1ccccc1-c1ccccn1. The van der Waals surface area contributed by atoms with E-state index in [-0.39, 0.29) is 37.4 Å². The Kier molecular flexibility index (Phi) is 12.5. The maximum atomic E-state index is 6.75. The summed E-state index contributed by atoms with van der Waals surface area (Å²) in [5.74, 6) is 1.37. The Labute approximate surface area is 385 Å². The van der Waals surface area contributed by atoms with Gasteiger partial charge >= 0.3 is 0 Å². The van der Waals surface area contributed by atoms with E-state index in [2.05, 4.69) is 185 Å². The molecule has 0 unspecified atom stereocenters. The van der Waals surface area contributed by atoms with Gasteiger partial charge in [-0.05, 0) is 98.3 Å². The summed E-state index contributed by atoms with van der Waals surface area (Å²) in [4.78, 5) is 9.55. The molecule has 1 radical (unpaired) electrons. The molecule has 3 heterocycles. The number of rotatable bonds is 7. The second-order valence-corrected chi connectivity index (χ2v) is 17.7. The van der Waals surface area contributed by atoms with E-state index in [1.165, 1.54) is 44.6 Å². The van der Waals surface area contributed by atoms with Crippen molar-refractivity contribution in [1.29, 1.82) is 0 Å². The summed E-state index contributed by atoms with van der Waals surface area (Å²) in [6, 6.07) is 64.0. The smallest absolute Gasteiger partial charge is 0.121 e. The molecule has 0 N–H and O–H groups in total. The normalized spacial score (nSPS) is 11.6. The van der Waals surface area contributed by atoms with Crippen molar-refractivity contribution in [2.75, 3.05) is 0 Å². The number of para-hydroxylation sites is 2. The molecule has 0 saturated carbocycles. The van der Waals surface area contributed by atoms with Crippen LogP contribution in [0.3, 0.4) is 0 Å². The van der Waals surface area contributed by atoms with E-state index in [0.717, 1.165) is 55.6 Å². The number of fused-ring (bicyclic) bond motifs is 4. The van der Waals surface area contributed by atoms with Crippen molar-refractivity contribution < 1.29 is 24.5 Å². The van der Waals surface area contributed by atoms with Gasteiger partial charge in [0.15, 0.2) is 0 Å². The van der Waals surface area contributed by atoms with E-state index in [4.69, 9.17) is 9.40 Å². The van der Waals surface area contributed by atoms with Crippen molar-refractivity contribution >= 4 is 33.0 Å². The molecule has 63 heavy (non-hydrogen) atoms. The molecule has 7 aromatic carbocycles. The van der Waals surface area contributed by atoms with Gasteiger partial charge in [-0.15, -0.1) is 54.1 Å². The van der Waals surface area contributed by atoms with Crippen molar-refractivity contribution in [3.8, 4) is 50.6 Å². The first-order valence-electron chi connectivity index (χ1n) is 21.6. The monoisotopic (exact) mass is 998 g/mol. The van der Waals surface area contributed by atoms with Gasteiger partial charge < -0.3 is 14.0 Å². The Morgan fingerprint density at radius 3 is 1.89 bits per heavy atom. The minimum Gasteiger partial charge on any atom is -0.501 e. The summed E-state index contributed by atoms with van der Waals surface area (Å²) >= 11 is 0. The van der Waals surface area contributed by atoms with Crippen LogP contribution in [0.2, 0.25) is 0 Å². The Hall–Kier alpha value is -6.39. The van der Waals surface area contributed by atoms with Crippen LogP contribution in [-0.4, -0.2) is 14.5 Å². The van der Waals surface area contributed by atoms with E-state index >= 15 is 0 Å². The number of furan rings is 1. The van der Waals surface area contributed by atoms with E-state index in [9.17, 15) is 0 Å². The molecule has 10 rings (SSSR count). The van der Waals surface area contributed by atoms with Crippen molar-refractivity contribution in [2.45, 2.75) is 65.7 Å². The predicted octanol–water partition coefficient (Wildman–Crippen LogP) is 15.8. The van der Waals surface area contributed by atoms with Crippen LogP contribution in [0.5, 0.6) is 0 Å². The molecule has 0 saturated heterocycles. The van der Waals surface area contributed by atoms with Crippen molar-refractivity contribution in [1.82, 2.24) is 14.5 Å². The molecule has 315 valence electrons. The molecule has 0 aliphatic heterocycles. The van der Waals surface area contributed by atoms with Gasteiger partial charge in [0.2, 0.25) is 0 Å². The van der Waals surface area contributed by atoms with Crippen LogP contribution in [0.15, 0.2) is 174 Å². The zero-order chi connectivity index (χ0) is 43.0. The Morgan fingerprint density at radius 1 is 0.587 bits per heavy atom. The fourth-order valence-corrected chi connectivity index (χ4v) is 8.34. The molecule has 0 aliphatic carbocycles. The van der Waals surface area contributed by atoms with Crippen LogP contribution in [0, 0.1) is 12.1 Å². The van der Waals surface area contributed by atoms with Crippen LogP contribution in [-0.2, 0) is 25.5 Å². The number of hydrogen-bond donors (Lipinski definition) is 0. The van der Waals surface area contributed by atoms with Gasteiger partial charge in [0.25, 0.3) is 0 Å². The fraction of sp³-hybridized carbons (Fsp3) is 0.172.